The van der Waals surface area contributed by atoms with Gasteiger partial charge in [0.25, 0.3) is 0 Å². The number of halogens is 1. The summed E-state index contributed by atoms with van der Waals surface area (Å²) >= 11 is 6.00. The van der Waals surface area contributed by atoms with Crippen LogP contribution in [0.2, 0.25) is 0 Å². The summed E-state index contributed by atoms with van der Waals surface area (Å²) in [6.45, 7) is 0.254. The van der Waals surface area contributed by atoms with Crippen LogP contribution in [0.4, 0.5) is 0 Å². The molecule has 0 saturated heterocycles. The molecule has 0 bridgehead atoms. The second-order valence-corrected chi connectivity index (χ2v) is 8.64. The number of methoxy groups -OCH3 is 2. The van der Waals surface area contributed by atoms with E-state index in [0.29, 0.717) is 11.3 Å². The maximum Gasteiger partial charge on any atom is 0.247 e. The van der Waals surface area contributed by atoms with Gasteiger partial charge < -0.3 is 19.7 Å². The molecule has 3 rings (SSSR count). The largest absolute Gasteiger partial charge is 0.497 e. The molecule has 1 saturated carbocycles. The van der Waals surface area contributed by atoms with Crippen molar-refractivity contribution in [3.05, 3.63) is 59.7 Å². The van der Waals surface area contributed by atoms with Gasteiger partial charge in [-0.15, -0.1) is 11.6 Å². The predicted molar refractivity (Wildman–Crippen MR) is 130 cm³/mol. The number of nitrogens with zero attached hydrogens (tertiary/aromatic N) is 1. The summed E-state index contributed by atoms with van der Waals surface area (Å²) in [5, 5.41) is 3.22. The van der Waals surface area contributed by atoms with Gasteiger partial charge in [0.1, 0.15) is 23.4 Å². The standard InChI is InChI=1S/C26H33ClN2O4/c1-32-22-13-9-19(10-14-22)18-29(24(30)17-27)25(20-11-15-23(33-2)16-12-20)26(31)28-21-7-5-3-4-6-8-21/h9-16,21,25H,3-8,17-18H2,1-2H3,(H,28,31)/t25-/m1/s1. The number of alkyl halides is 1. The molecule has 1 aliphatic carbocycles. The van der Waals surface area contributed by atoms with Gasteiger partial charge in [-0.25, -0.2) is 0 Å². The van der Waals surface area contributed by atoms with Gasteiger partial charge in [0.05, 0.1) is 14.2 Å². The lowest BCUT2D eigenvalue weighted by atomic mass is 10.0. The Morgan fingerprint density at radius 1 is 0.939 bits per heavy atom. The van der Waals surface area contributed by atoms with Crippen LogP contribution >= 0.6 is 11.6 Å². The maximum absolute atomic E-state index is 13.6. The Kier molecular flexibility index (Phi) is 9.43. The first-order valence-electron chi connectivity index (χ1n) is 11.5. The Balaban J connectivity index is 1.92. The van der Waals surface area contributed by atoms with E-state index in [1.807, 2.05) is 36.4 Å². The van der Waals surface area contributed by atoms with E-state index < -0.39 is 6.04 Å². The average Bonchev–Trinajstić information content (AvgIpc) is 3.12. The van der Waals surface area contributed by atoms with E-state index in [9.17, 15) is 9.59 Å². The van der Waals surface area contributed by atoms with E-state index in [4.69, 9.17) is 21.1 Å². The molecule has 0 spiro atoms. The fourth-order valence-corrected chi connectivity index (χ4v) is 4.44. The Labute approximate surface area is 201 Å². The first-order chi connectivity index (χ1) is 16.0. The summed E-state index contributed by atoms with van der Waals surface area (Å²) in [7, 11) is 3.20. The molecule has 33 heavy (non-hydrogen) atoms. The summed E-state index contributed by atoms with van der Waals surface area (Å²) in [4.78, 5) is 28.2. The number of benzene rings is 2. The average molecular weight is 473 g/mol. The van der Waals surface area contributed by atoms with Gasteiger partial charge in [0.2, 0.25) is 11.8 Å². The lowest BCUT2D eigenvalue weighted by Gasteiger charge is -2.32. The molecule has 2 amide bonds. The van der Waals surface area contributed by atoms with Crippen molar-refractivity contribution in [3.63, 3.8) is 0 Å². The van der Waals surface area contributed by atoms with Crippen molar-refractivity contribution in [3.8, 4) is 11.5 Å². The van der Waals surface area contributed by atoms with Gasteiger partial charge in [-0.2, -0.15) is 0 Å². The fraction of sp³-hybridized carbons (Fsp3) is 0.462. The number of ether oxygens (including phenoxy) is 2. The van der Waals surface area contributed by atoms with E-state index in [1.165, 1.54) is 12.8 Å². The first-order valence-corrected chi connectivity index (χ1v) is 12.0. The van der Waals surface area contributed by atoms with Gasteiger partial charge in [0, 0.05) is 12.6 Å². The molecular weight excluding hydrogens is 440 g/mol. The van der Waals surface area contributed by atoms with Crippen LogP contribution < -0.4 is 14.8 Å². The van der Waals surface area contributed by atoms with E-state index >= 15 is 0 Å². The van der Waals surface area contributed by atoms with Crippen LogP contribution in [-0.4, -0.2) is 42.9 Å². The highest BCUT2D eigenvalue weighted by atomic mass is 35.5. The molecule has 178 valence electrons. The number of carbonyl (C=O) groups is 2. The summed E-state index contributed by atoms with van der Waals surface area (Å²) in [6, 6.07) is 14.1. The number of carbonyl (C=O) groups excluding carboxylic acids is 2. The highest BCUT2D eigenvalue weighted by Crippen LogP contribution is 2.28. The zero-order valence-corrected chi connectivity index (χ0v) is 20.1. The van der Waals surface area contributed by atoms with Crippen LogP contribution in [0, 0.1) is 0 Å². The molecule has 1 fully saturated rings. The predicted octanol–water partition coefficient (Wildman–Crippen LogP) is 4.85. The molecular formula is C26H33ClN2O4. The van der Waals surface area contributed by atoms with Crippen LogP contribution in [0.1, 0.15) is 55.7 Å². The Morgan fingerprint density at radius 2 is 1.48 bits per heavy atom. The van der Waals surface area contributed by atoms with Crippen molar-refractivity contribution < 1.29 is 19.1 Å². The third-order valence-corrected chi connectivity index (χ3v) is 6.37. The monoisotopic (exact) mass is 472 g/mol. The quantitative estimate of drug-likeness (QED) is 0.418. The van der Waals surface area contributed by atoms with Crippen molar-refractivity contribution in [2.75, 3.05) is 20.1 Å². The highest BCUT2D eigenvalue weighted by molar-refractivity contribution is 6.27. The minimum absolute atomic E-state index is 0.120. The van der Waals surface area contributed by atoms with E-state index in [-0.39, 0.29) is 30.3 Å². The van der Waals surface area contributed by atoms with E-state index in [1.54, 1.807) is 31.3 Å². The second-order valence-electron chi connectivity index (χ2n) is 8.38. The smallest absolute Gasteiger partial charge is 0.247 e. The molecule has 0 heterocycles. The van der Waals surface area contributed by atoms with Crippen molar-refractivity contribution in [1.82, 2.24) is 10.2 Å². The summed E-state index contributed by atoms with van der Waals surface area (Å²) in [6.07, 6.45) is 6.53. The molecule has 2 aromatic rings. The van der Waals surface area contributed by atoms with Gasteiger partial charge in [-0.3, -0.25) is 9.59 Å². The fourth-order valence-electron chi connectivity index (χ4n) is 4.29. The van der Waals surface area contributed by atoms with Crippen LogP contribution in [0.25, 0.3) is 0 Å². The number of hydrogen-bond acceptors (Lipinski definition) is 4. The highest BCUT2D eigenvalue weighted by Gasteiger charge is 2.32. The number of rotatable bonds is 9. The molecule has 0 aliphatic heterocycles. The Morgan fingerprint density at radius 3 is 2.00 bits per heavy atom. The molecule has 0 aromatic heterocycles. The summed E-state index contributed by atoms with van der Waals surface area (Å²) < 4.78 is 10.5. The normalized spacial score (nSPS) is 15.2. The summed E-state index contributed by atoms with van der Waals surface area (Å²) in [5.74, 6) is 0.724. The van der Waals surface area contributed by atoms with Crippen molar-refractivity contribution >= 4 is 23.4 Å². The van der Waals surface area contributed by atoms with E-state index in [0.717, 1.165) is 37.0 Å². The lowest BCUT2D eigenvalue weighted by molar-refractivity contribution is -0.140. The summed E-state index contributed by atoms with van der Waals surface area (Å²) in [5.41, 5.74) is 1.60. The van der Waals surface area contributed by atoms with Crippen molar-refractivity contribution in [2.24, 2.45) is 0 Å². The third-order valence-electron chi connectivity index (χ3n) is 6.14. The molecule has 1 atom stereocenters. The number of hydrogen-bond donors (Lipinski definition) is 1. The van der Waals surface area contributed by atoms with Crippen LogP contribution in [-0.2, 0) is 16.1 Å². The molecule has 0 radical (unpaired) electrons. The van der Waals surface area contributed by atoms with Crippen molar-refractivity contribution in [1.29, 1.82) is 0 Å². The maximum atomic E-state index is 13.6. The lowest BCUT2D eigenvalue weighted by Crippen LogP contribution is -2.46. The van der Waals surface area contributed by atoms with E-state index in [2.05, 4.69) is 5.32 Å². The Bertz CT molecular complexity index is 894. The zero-order chi connectivity index (χ0) is 23.6. The minimum Gasteiger partial charge on any atom is -0.497 e. The number of amides is 2. The van der Waals surface area contributed by atoms with Gasteiger partial charge in [-0.05, 0) is 48.2 Å². The SMILES string of the molecule is COc1ccc(CN(C(=O)CCl)[C@@H](C(=O)NC2CCCCCC2)c2ccc(OC)cc2)cc1. The Hall–Kier alpha value is -2.73. The zero-order valence-electron chi connectivity index (χ0n) is 19.4. The molecule has 0 unspecified atom stereocenters. The molecule has 1 aliphatic rings. The topological polar surface area (TPSA) is 67.9 Å². The van der Waals surface area contributed by atoms with Gasteiger partial charge in [0.15, 0.2) is 0 Å². The molecule has 2 aromatic carbocycles. The van der Waals surface area contributed by atoms with Crippen LogP contribution in [0.5, 0.6) is 11.5 Å². The first kappa shape index (κ1) is 24.9. The molecule has 7 heteroatoms. The van der Waals surface area contributed by atoms with Gasteiger partial charge in [-0.1, -0.05) is 49.9 Å². The molecule has 6 nitrogen and oxygen atoms in total. The van der Waals surface area contributed by atoms with Crippen LogP contribution in [0.3, 0.4) is 0 Å². The number of nitrogens with one attached hydrogen (secondary N) is 1. The second kappa shape index (κ2) is 12.5. The van der Waals surface area contributed by atoms with Crippen molar-refractivity contribution in [2.45, 2.75) is 57.2 Å². The third kappa shape index (κ3) is 6.87. The molecule has 1 N–H and O–H groups in total. The van der Waals surface area contributed by atoms with Gasteiger partial charge >= 0.3 is 0 Å². The minimum atomic E-state index is -0.799. The van der Waals surface area contributed by atoms with Crippen LogP contribution in [0.15, 0.2) is 48.5 Å².